The zero-order valence-electron chi connectivity index (χ0n) is 12.6. The zero-order valence-corrected chi connectivity index (χ0v) is 12.6. The second kappa shape index (κ2) is 7.52. The van der Waals surface area contributed by atoms with Gasteiger partial charge in [0.05, 0.1) is 20.8 Å². The Bertz CT molecular complexity index is 511. The molecule has 0 fully saturated rings. The average Bonchev–Trinajstić information content (AvgIpc) is 2.46. The zero-order chi connectivity index (χ0) is 16.0. The molecule has 0 saturated heterocycles. The molecule has 2 unspecified atom stereocenters. The SMILES string of the molecule is CCOC(=O)C(C(=O)O)C(C)c1ccc(OC)c(OC)c1. The van der Waals surface area contributed by atoms with Crippen LogP contribution in [0.15, 0.2) is 18.2 Å². The van der Waals surface area contributed by atoms with Gasteiger partial charge in [0, 0.05) is 5.92 Å². The average molecular weight is 296 g/mol. The summed E-state index contributed by atoms with van der Waals surface area (Å²) >= 11 is 0. The van der Waals surface area contributed by atoms with Crippen LogP contribution in [0.4, 0.5) is 0 Å². The Kier molecular flexibility index (Phi) is 6.02. The lowest BCUT2D eigenvalue weighted by atomic mass is 9.87. The van der Waals surface area contributed by atoms with Gasteiger partial charge in [-0.1, -0.05) is 13.0 Å². The fourth-order valence-corrected chi connectivity index (χ4v) is 2.08. The molecule has 6 heteroatoms. The molecule has 1 rings (SSSR count). The predicted octanol–water partition coefficient (Wildman–Crippen LogP) is 2.07. The van der Waals surface area contributed by atoms with Gasteiger partial charge in [0.1, 0.15) is 0 Å². The quantitative estimate of drug-likeness (QED) is 0.612. The summed E-state index contributed by atoms with van der Waals surface area (Å²) in [5.74, 6) is -2.75. The van der Waals surface area contributed by atoms with E-state index in [1.807, 2.05) is 0 Å². The number of hydrogen-bond acceptors (Lipinski definition) is 5. The molecular weight excluding hydrogens is 276 g/mol. The van der Waals surface area contributed by atoms with Crippen molar-refractivity contribution in [2.24, 2.45) is 5.92 Å². The first-order valence-corrected chi connectivity index (χ1v) is 6.57. The van der Waals surface area contributed by atoms with Gasteiger partial charge in [-0.25, -0.2) is 0 Å². The van der Waals surface area contributed by atoms with Crippen molar-refractivity contribution in [2.75, 3.05) is 20.8 Å². The molecule has 6 nitrogen and oxygen atoms in total. The highest BCUT2D eigenvalue weighted by Crippen LogP contribution is 2.33. The summed E-state index contributed by atoms with van der Waals surface area (Å²) in [4.78, 5) is 23.2. The van der Waals surface area contributed by atoms with E-state index in [1.165, 1.54) is 14.2 Å². The molecule has 1 aromatic rings. The molecule has 0 bridgehead atoms. The molecule has 0 aliphatic rings. The Morgan fingerprint density at radius 1 is 1.19 bits per heavy atom. The smallest absolute Gasteiger partial charge is 0.320 e. The predicted molar refractivity (Wildman–Crippen MR) is 75.7 cm³/mol. The molecule has 0 aliphatic heterocycles. The van der Waals surface area contributed by atoms with Gasteiger partial charge in [0.2, 0.25) is 0 Å². The highest BCUT2D eigenvalue weighted by Gasteiger charge is 2.34. The van der Waals surface area contributed by atoms with Crippen LogP contribution in [0.2, 0.25) is 0 Å². The fourth-order valence-electron chi connectivity index (χ4n) is 2.08. The Morgan fingerprint density at radius 2 is 1.81 bits per heavy atom. The van der Waals surface area contributed by atoms with Crippen LogP contribution in [-0.2, 0) is 14.3 Å². The molecule has 1 aromatic carbocycles. The lowest BCUT2D eigenvalue weighted by molar-refractivity contribution is -0.159. The van der Waals surface area contributed by atoms with Crippen molar-refractivity contribution in [1.29, 1.82) is 0 Å². The van der Waals surface area contributed by atoms with E-state index in [4.69, 9.17) is 14.2 Å². The van der Waals surface area contributed by atoms with E-state index in [9.17, 15) is 14.7 Å². The highest BCUT2D eigenvalue weighted by atomic mass is 16.5. The highest BCUT2D eigenvalue weighted by molar-refractivity contribution is 5.95. The van der Waals surface area contributed by atoms with E-state index in [1.54, 1.807) is 32.0 Å². The van der Waals surface area contributed by atoms with Crippen LogP contribution in [0.3, 0.4) is 0 Å². The summed E-state index contributed by atoms with van der Waals surface area (Å²) in [6, 6.07) is 5.05. The van der Waals surface area contributed by atoms with Crippen LogP contribution in [0.1, 0.15) is 25.3 Å². The molecule has 0 spiro atoms. The van der Waals surface area contributed by atoms with Crippen LogP contribution in [0.25, 0.3) is 0 Å². The summed E-state index contributed by atoms with van der Waals surface area (Å²) in [5.41, 5.74) is 0.660. The third-order valence-corrected chi connectivity index (χ3v) is 3.24. The fraction of sp³-hybridized carbons (Fsp3) is 0.467. The summed E-state index contributed by atoms with van der Waals surface area (Å²) in [5, 5.41) is 9.27. The van der Waals surface area contributed by atoms with Gasteiger partial charge >= 0.3 is 11.9 Å². The summed E-state index contributed by atoms with van der Waals surface area (Å²) in [6.45, 7) is 3.44. The first kappa shape index (κ1) is 16.8. The normalized spacial score (nSPS) is 13.1. The number of rotatable bonds is 7. The van der Waals surface area contributed by atoms with Crippen LogP contribution < -0.4 is 9.47 Å². The van der Waals surface area contributed by atoms with E-state index in [0.717, 1.165) is 0 Å². The number of benzene rings is 1. The summed E-state index contributed by atoms with van der Waals surface area (Å²) in [6.07, 6.45) is 0. The molecule has 2 atom stereocenters. The first-order chi connectivity index (χ1) is 9.96. The Balaban J connectivity index is 3.12. The van der Waals surface area contributed by atoms with Gasteiger partial charge in [-0.05, 0) is 24.6 Å². The number of carboxylic acids is 1. The maximum absolute atomic E-state index is 11.8. The topological polar surface area (TPSA) is 82.1 Å². The van der Waals surface area contributed by atoms with E-state index < -0.39 is 23.8 Å². The third kappa shape index (κ3) is 3.87. The molecule has 0 heterocycles. The molecule has 0 radical (unpaired) electrons. The monoisotopic (exact) mass is 296 g/mol. The van der Waals surface area contributed by atoms with Crippen molar-refractivity contribution in [1.82, 2.24) is 0 Å². The third-order valence-electron chi connectivity index (χ3n) is 3.24. The van der Waals surface area contributed by atoms with Crippen molar-refractivity contribution < 1.29 is 28.9 Å². The van der Waals surface area contributed by atoms with Gasteiger partial charge < -0.3 is 19.3 Å². The maximum Gasteiger partial charge on any atom is 0.320 e. The van der Waals surface area contributed by atoms with E-state index >= 15 is 0 Å². The van der Waals surface area contributed by atoms with Crippen molar-refractivity contribution in [3.05, 3.63) is 23.8 Å². The molecule has 0 aliphatic carbocycles. The van der Waals surface area contributed by atoms with Crippen molar-refractivity contribution in [3.63, 3.8) is 0 Å². The minimum absolute atomic E-state index is 0.140. The van der Waals surface area contributed by atoms with Crippen molar-refractivity contribution in [3.8, 4) is 11.5 Å². The number of hydrogen-bond donors (Lipinski definition) is 1. The molecule has 116 valence electrons. The van der Waals surface area contributed by atoms with Crippen LogP contribution in [0.5, 0.6) is 11.5 Å². The number of carbonyl (C=O) groups excluding carboxylic acids is 1. The van der Waals surface area contributed by atoms with Crippen LogP contribution in [-0.4, -0.2) is 37.9 Å². The standard InChI is InChI=1S/C15H20O6/c1-5-21-15(18)13(14(16)17)9(2)10-6-7-11(19-3)12(8-10)20-4/h6-9,13H,5H2,1-4H3,(H,16,17). The second-order valence-corrected chi connectivity index (χ2v) is 4.47. The first-order valence-electron chi connectivity index (χ1n) is 6.57. The van der Waals surface area contributed by atoms with Crippen LogP contribution >= 0.6 is 0 Å². The van der Waals surface area contributed by atoms with Gasteiger partial charge in [-0.2, -0.15) is 0 Å². The Hall–Kier alpha value is -2.24. The molecular formula is C15H20O6. The molecule has 0 saturated carbocycles. The maximum atomic E-state index is 11.8. The van der Waals surface area contributed by atoms with Gasteiger partial charge in [-0.3, -0.25) is 9.59 Å². The lowest BCUT2D eigenvalue weighted by Crippen LogP contribution is -2.30. The molecule has 21 heavy (non-hydrogen) atoms. The van der Waals surface area contributed by atoms with E-state index in [2.05, 4.69) is 0 Å². The van der Waals surface area contributed by atoms with E-state index in [-0.39, 0.29) is 6.61 Å². The van der Waals surface area contributed by atoms with Gasteiger partial charge in [0.25, 0.3) is 0 Å². The van der Waals surface area contributed by atoms with Crippen LogP contribution in [0, 0.1) is 5.92 Å². The Labute approximate surface area is 123 Å². The van der Waals surface area contributed by atoms with E-state index in [0.29, 0.717) is 17.1 Å². The number of esters is 1. The lowest BCUT2D eigenvalue weighted by Gasteiger charge is -2.20. The molecule has 1 N–H and O–H groups in total. The van der Waals surface area contributed by atoms with Crippen molar-refractivity contribution >= 4 is 11.9 Å². The second-order valence-electron chi connectivity index (χ2n) is 4.47. The number of carboxylic acid groups (broad SMARTS) is 1. The largest absolute Gasteiger partial charge is 0.493 e. The summed E-state index contributed by atoms with van der Waals surface area (Å²) in [7, 11) is 3.01. The number of ether oxygens (including phenoxy) is 3. The summed E-state index contributed by atoms with van der Waals surface area (Å²) < 4.78 is 15.2. The van der Waals surface area contributed by atoms with Gasteiger partial charge in [-0.15, -0.1) is 0 Å². The number of methoxy groups -OCH3 is 2. The molecule has 0 amide bonds. The number of aliphatic carboxylic acids is 1. The molecule has 0 aromatic heterocycles. The van der Waals surface area contributed by atoms with Gasteiger partial charge in [0.15, 0.2) is 17.4 Å². The minimum Gasteiger partial charge on any atom is -0.493 e. The number of carbonyl (C=O) groups is 2. The minimum atomic E-state index is -1.26. The Morgan fingerprint density at radius 3 is 2.29 bits per heavy atom. The van der Waals surface area contributed by atoms with Crippen molar-refractivity contribution in [2.45, 2.75) is 19.8 Å².